The van der Waals surface area contributed by atoms with Crippen molar-refractivity contribution in [3.63, 3.8) is 0 Å². The van der Waals surface area contributed by atoms with Crippen LogP contribution in [0.3, 0.4) is 0 Å². The van der Waals surface area contributed by atoms with Gasteiger partial charge in [-0.1, -0.05) is 0 Å². The zero-order valence-electron chi connectivity index (χ0n) is 20.5. The number of benzene rings is 1. The van der Waals surface area contributed by atoms with E-state index in [1.807, 2.05) is 6.92 Å². The summed E-state index contributed by atoms with van der Waals surface area (Å²) in [4.78, 5) is 34.9. The molecular formula is C24H27F3N6O4. The molecule has 13 heteroatoms. The van der Waals surface area contributed by atoms with E-state index < -0.39 is 23.8 Å². The van der Waals surface area contributed by atoms with Gasteiger partial charge in [0, 0.05) is 36.6 Å². The predicted octanol–water partition coefficient (Wildman–Crippen LogP) is 3.47. The number of carbonyl (C=O) groups is 2. The number of nitrogens with zero attached hydrogens (tertiary/aromatic N) is 3. The Hall–Kier alpha value is -3.87. The highest BCUT2D eigenvalue weighted by atomic mass is 19.4. The average Bonchev–Trinajstić information content (AvgIpc) is 3.50. The molecule has 4 N–H and O–H groups in total. The van der Waals surface area contributed by atoms with Crippen LogP contribution in [0.4, 0.5) is 18.0 Å². The van der Waals surface area contributed by atoms with E-state index >= 15 is 0 Å². The minimum Gasteiger partial charge on any atom is -0.494 e. The largest absolute Gasteiger partial charge is 0.494 e. The normalized spacial score (nSPS) is 16.6. The van der Waals surface area contributed by atoms with Crippen molar-refractivity contribution in [2.24, 2.45) is 5.73 Å². The van der Waals surface area contributed by atoms with Gasteiger partial charge in [-0.05, 0) is 44.5 Å². The van der Waals surface area contributed by atoms with Crippen molar-refractivity contribution < 1.29 is 31.9 Å². The van der Waals surface area contributed by atoms with Crippen molar-refractivity contribution in [1.82, 2.24) is 25.5 Å². The van der Waals surface area contributed by atoms with Crippen LogP contribution in [0.2, 0.25) is 0 Å². The van der Waals surface area contributed by atoms with Crippen molar-refractivity contribution >= 4 is 22.8 Å². The number of halogens is 3. The number of rotatable bonds is 6. The van der Waals surface area contributed by atoms with Gasteiger partial charge in [0.25, 0.3) is 5.91 Å². The molecule has 3 aromatic rings. The van der Waals surface area contributed by atoms with Crippen LogP contribution in [0.1, 0.15) is 48.3 Å². The molecule has 0 aliphatic carbocycles. The molecular weight excluding hydrogens is 493 g/mol. The van der Waals surface area contributed by atoms with E-state index in [-0.39, 0.29) is 40.7 Å². The van der Waals surface area contributed by atoms with Crippen LogP contribution in [0, 0.1) is 0 Å². The van der Waals surface area contributed by atoms with Gasteiger partial charge in [0.15, 0.2) is 11.5 Å². The van der Waals surface area contributed by atoms with Crippen molar-refractivity contribution in [3.05, 3.63) is 41.4 Å². The molecule has 1 aliphatic heterocycles. The highest BCUT2D eigenvalue weighted by molar-refractivity contribution is 5.98. The van der Waals surface area contributed by atoms with Crippen molar-refractivity contribution in [2.75, 3.05) is 26.7 Å². The fourth-order valence-electron chi connectivity index (χ4n) is 4.20. The van der Waals surface area contributed by atoms with Crippen LogP contribution in [0.25, 0.3) is 22.4 Å². The number of pyridine rings is 1. The van der Waals surface area contributed by atoms with Gasteiger partial charge in [0.2, 0.25) is 5.89 Å². The standard InChI is InChI=1S/C24H27F3N6O4/c1-4-29-23(35)33-10-9-13(11-33)30-21(34)19-20(12(2)28)37-22(32-19)15-5-7-16(36-3)18-14(15)6-8-17(31-18)24(25,26)27/h5-8,12-13H,4,9-11,28H2,1-3H3,(H,29,35)(H,30,34)/t12-,13+/m0/s1. The summed E-state index contributed by atoms with van der Waals surface area (Å²) in [6.45, 7) is 4.77. The van der Waals surface area contributed by atoms with Gasteiger partial charge >= 0.3 is 12.2 Å². The lowest BCUT2D eigenvalue weighted by atomic mass is 10.1. The Bertz CT molecular complexity index is 1320. The van der Waals surface area contributed by atoms with Gasteiger partial charge in [-0.15, -0.1) is 0 Å². The molecule has 0 bridgehead atoms. The molecule has 1 fully saturated rings. The first-order valence-electron chi connectivity index (χ1n) is 11.7. The zero-order chi connectivity index (χ0) is 26.9. The van der Waals surface area contributed by atoms with Crippen molar-refractivity contribution in [1.29, 1.82) is 0 Å². The molecule has 37 heavy (non-hydrogen) atoms. The Balaban J connectivity index is 1.67. The number of aromatic nitrogens is 2. The number of ether oxygens (including phenoxy) is 1. The number of alkyl halides is 3. The molecule has 4 rings (SSSR count). The van der Waals surface area contributed by atoms with Crippen LogP contribution in [-0.4, -0.2) is 59.6 Å². The monoisotopic (exact) mass is 520 g/mol. The van der Waals surface area contributed by atoms with E-state index in [2.05, 4.69) is 20.6 Å². The summed E-state index contributed by atoms with van der Waals surface area (Å²) in [6.07, 6.45) is -4.07. The minimum absolute atomic E-state index is 0.00188. The van der Waals surface area contributed by atoms with E-state index in [0.717, 1.165) is 6.07 Å². The van der Waals surface area contributed by atoms with Gasteiger partial charge < -0.3 is 30.4 Å². The van der Waals surface area contributed by atoms with E-state index in [1.54, 1.807) is 17.9 Å². The number of nitrogens with two attached hydrogens (primary N) is 1. The van der Waals surface area contributed by atoms with Gasteiger partial charge in [-0.2, -0.15) is 13.2 Å². The molecule has 3 heterocycles. The van der Waals surface area contributed by atoms with E-state index in [0.29, 0.717) is 37.0 Å². The number of oxazole rings is 1. The Morgan fingerprint density at radius 1 is 1.27 bits per heavy atom. The molecule has 0 radical (unpaired) electrons. The number of nitrogens with one attached hydrogen (secondary N) is 2. The SMILES string of the molecule is CCNC(=O)N1CC[C@@H](NC(=O)c2nc(-c3ccc(OC)c4nc(C(F)(F)F)ccc34)oc2[C@H](C)N)C1. The molecule has 0 spiro atoms. The fourth-order valence-corrected chi connectivity index (χ4v) is 4.20. The second-order valence-electron chi connectivity index (χ2n) is 8.67. The third kappa shape index (κ3) is 5.31. The average molecular weight is 521 g/mol. The van der Waals surface area contributed by atoms with Crippen LogP contribution < -0.4 is 21.1 Å². The lowest BCUT2D eigenvalue weighted by Gasteiger charge is -2.17. The molecule has 0 saturated carbocycles. The molecule has 2 atom stereocenters. The summed E-state index contributed by atoms with van der Waals surface area (Å²) in [5, 5.41) is 5.89. The number of methoxy groups -OCH3 is 1. The Labute approximate surface area is 210 Å². The van der Waals surface area contributed by atoms with Gasteiger partial charge in [0.05, 0.1) is 13.2 Å². The second kappa shape index (κ2) is 10.2. The Morgan fingerprint density at radius 3 is 2.68 bits per heavy atom. The molecule has 0 unspecified atom stereocenters. The third-order valence-electron chi connectivity index (χ3n) is 5.98. The molecule has 2 aromatic heterocycles. The van der Waals surface area contributed by atoms with Gasteiger partial charge in [-0.3, -0.25) is 4.79 Å². The van der Waals surface area contributed by atoms with Crippen LogP contribution >= 0.6 is 0 Å². The van der Waals surface area contributed by atoms with Crippen molar-refractivity contribution in [2.45, 2.75) is 38.5 Å². The molecule has 198 valence electrons. The highest BCUT2D eigenvalue weighted by Crippen LogP contribution is 2.37. The number of fused-ring (bicyclic) bond motifs is 1. The molecule has 10 nitrogen and oxygen atoms in total. The maximum absolute atomic E-state index is 13.3. The number of carbonyl (C=O) groups excluding carboxylic acids is 2. The Kier molecular flexibility index (Phi) is 7.25. The second-order valence-corrected chi connectivity index (χ2v) is 8.67. The first-order valence-corrected chi connectivity index (χ1v) is 11.7. The number of hydrogen-bond donors (Lipinski definition) is 3. The van der Waals surface area contributed by atoms with Gasteiger partial charge in [0.1, 0.15) is 17.0 Å². The van der Waals surface area contributed by atoms with Crippen molar-refractivity contribution in [3.8, 4) is 17.2 Å². The maximum atomic E-state index is 13.3. The summed E-state index contributed by atoms with van der Waals surface area (Å²) in [7, 11) is 1.33. The zero-order valence-corrected chi connectivity index (χ0v) is 20.5. The molecule has 1 aromatic carbocycles. The predicted molar refractivity (Wildman–Crippen MR) is 128 cm³/mol. The first-order chi connectivity index (χ1) is 17.5. The lowest BCUT2D eigenvalue weighted by molar-refractivity contribution is -0.140. The summed E-state index contributed by atoms with van der Waals surface area (Å²) in [5.74, 6) is -0.267. The van der Waals surface area contributed by atoms with Crippen LogP contribution in [0.15, 0.2) is 28.7 Å². The lowest BCUT2D eigenvalue weighted by Crippen LogP contribution is -2.42. The molecule has 1 saturated heterocycles. The summed E-state index contributed by atoms with van der Waals surface area (Å²) in [6, 6.07) is 3.94. The van der Waals surface area contributed by atoms with E-state index in [4.69, 9.17) is 14.9 Å². The molecule has 1 aliphatic rings. The number of urea groups is 1. The summed E-state index contributed by atoms with van der Waals surface area (Å²) < 4.78 is 50.9. The van der Waals surface area contributed by atoms with E-state index in [9.17, 15) is 22.8 Å². The quantitative estimate of drug-likeness (QED) is 0.453. The smallest absolute Gasteiger partial charge is 0.433 e. The van der Waals surface area contributed by atoms with Gasteiger partial charge in [-0.25, -0.2) is 14.8 Å². The maximum Gasteiger partial charge on any atom is 0.433 e. The first kappa shape index (κ1) is 26.2. The number of likely N-dealkylation sites (tertiary alicyclic amines) is 1. The topological polar surface area (TPSA) is 136 Å². The number of hydrogen-bond acceptors (Lipinski definition) is 7. The van der Waals surface area contributed by atoms with Crippen LogP contribution in [-0.2, 0) is 6.18 Å². The highest BCUT2D eigenvalue weighted by Gasteiger charge is 2.34. The molecule has 3 amide bonds. The number of amides is 3. The van der Waals surface area contributed by atoms with E-state index in [1.165, 1.54) is 19.2 Å². The Morgan fingerprint density at radius 2 is 2.03 bits per heavy atom. The van der Waals surface area contributed by atoms with Crippen LogP contribution in [0.5, 0.6) is 5.75 Å². The minimum atomic E-state index is -4.64. The summed E-state index contributed by atoms with van der Waals surface area (Å²) >= 11 is 0. The fraction of sp³-hybridized carbons (Fsp3) is 0.417. The summed E-state index contributed by atoms with van der Waals surface area (Å²) in [5.41, 5.74) is 5.22. The third-order valence-corrected chi connectivity index (χ3v) is 5.98.